The lowest BCUT2D eigenvalue weighted by molar-refractivity contribution is 0.0687. The summed E-state index contributed by atoms with van der Waals surface area (Å²) in [6.07, 6.45) is 1.75. The maximum atomic E-state index is 12.6. The van der Waals surface area contributed by atoms with Crippen LogP contribution >= 0.6 is 0 Å². The van der Waals surface area contributed by atoms with Crippen LogP contribution in [0.5, 0.6) is 0 Å². The minimum absolute atomic E-state index is 0.112. The highest BCUT2D eigenvalue weighted by Gasteiger charge is 2.31. The molecule has 4 heterocycles. The number of methoxy groups -OCH3 is 1. The van der Waals surface area contributed by atoms with Crippen LogP contribution in [0, 0.1) is 6.92 Å². The first-order valence-electron chi connectivity index (χ1n) is 9.06. The second kappa shape index (κ2) is 6.85. The summed E-state index contributed by atoms with van der Waals surface area (Å²) in [6.45, 7) is 5.69. The van der Waals surface area contributed by atoms with Crippen molar-refractivity contribution in [3.05, 3.63) is 34.8 Å². The van der Waals surface area contributed by atoms with Crippen LogP contribution in [-0.4, -0.2) is 63.3 Å². The van der Waals surface area contributed by atoms with E-state index in [0.29, 0.717) is 19.6 Å². The molecule has 0 aliphatic carbocycles. The Bertz CT molecular complexity index is 812. The molecule has 2 aliphatic rings. The van der Waals surface area contributed by atoms with E-state index in [4.69, 9.17) is 9.15 Å². The number of hydrogen-bond donors (Lipinski definition) is 0. The molecule has 0 saturated carbocycles. The average Bonchev–Trinajstić information content (AvgIpc) is 3.33. The molecule has 8 heteroatoms. The number of oxazole rings is 1. The van der Waals surface area contributed by atoms with E-state index in [2.05, 4.69) is 21.0 Å². The number of fused-ring (bicyclic) bond motifs is 1. The van der Waals surface area contributed by atoms with Gasteiger partial charge in [-0.25, -0.2) is 4.98 Å². The smallest absolute Gasteiger partial charge is 0.309 e. The average molecular weight is 359 g/mol. The number of aromatic nitrogens is 3. The Kier molecular flexibility index (Phi) is 4.54. The molecule has 1 atom stereocenters. The van der Waals surface area contributed by atoms with Gasteiger partial charge in [-0.3, -0.25) is 14.4 Å². The van der Waals surface area contributed by atoms with Gasteiger partial charge in [0.1, 0.15) is 5.76 Å². The van der Waals surface area contributed by atoms with Crippen LogP contribution in [0.2, 0.25) is 0 Å². The molecular formula is C18H25N5O3. The highest BCUT2D eigenvalue weighted by Crippen LogP contribution is 2.23. The first-order chi connectivity index (χ1) is 12.5. The van der Waals surface area contributed by atoms with Gasteiger partial charge in [-0.2, -0.15) is 5.10 Å². The van der Waals surface area contributed by atoms with Crippen molar-refractivity contribution in [1.29, 1.82) is 0 Å². The summed E-state index contributed by atoms with van der Waals surface area (Å²) in [5.41, 5.74) is 3.07. The second-order valence-corrected chi connectivity index (χ2v) is 7.15. The molecule has 0 radical (unpaired) electrons. The van der Waals surface area contributed by atoms with Crippen molar-refractivity contribution < 1.29 is 13.9 Å². The minimum Gasteiger partial charge on any atom is -0.437 e. The lowest BCUT2D eigenvalue weighted by Crippen LogP contribution is -2.31. The molecule has 140 valence electrons. The third-order valence-electron chi connectivity index (χ3n) is 5.24. The number of aryl methyl sites for hydroxylation is 2. The van der Waals surface area contributed by atoms with Gasteiger partial charge in [0.05, 0.1) is 23.2 Å². The lowest BCUT2D eigenvalue weighted by Gasteiger charge is -2.24. The summed E-state index contributed by atoms with van der Waals surface area (Å²) < 4.78 is 13.0. The first kappa shape index (κ1) is 17.2. The van der Waals surface area contributed by atoms with Crippen LogP contribution in [0.1, 0.15) is 39.9 Å². The van der Waals surface area contributed by atoms with Crippen molar-refractivity contribution in [2.45, 2.75) is 39.0 Å². The largest absolute Gasteiger partial charge is 0.437 e. The van der Waals surface area contributed by atoms with Crippen LogP contribution in [0.25, 0.3) is 0 Å². The van der Waals surface area contributed by atoms with E-state index in [0.717, 1.165) is 43.1 Å². The van der Waals surface area contributed by atoms with Gasteiger partial charge >= 0.3 is 5.91 Å². The Morgan fingerprint density at radius 3 is 2.96 bits per heavy atom. The van der Waals surface area contributed by atoms with Crippen molar-refractivity contribution in [2.24, 2.45) is 7.05 Å². The molecule has 4 rings (SSSR count). The van der Waals surface area contributed by atoms with E-state index in [9.17, 15) is 4.79 Å². The van der Waals surface area contributed by atoms with Gasteiger partial charge in [0.25, 0.3) is 5.89 Å². The quantitative estimate of drug-likeness (QED) is 0.815. The molecule has 2 aromatic heterocycles. The monoisotopic (exact) mass is 359 g/mol. The van der Waals surface area contributed by atoms with Gasteiger partial charge in [0, 0.05) is 53.3 Å². The molecule has 0 unspecified atom stereocenters. The van der Waals surface area contributed by atoms with Crippen molar-refractivity contribution in [3.63, 3.8) is 0 Å². The number of carbonyl (C=O) groups excluding carboxylic acids is 1. The number of likely N-dealkylation sites (tertiary alicyclic amines) is 1. The van der Waals surface area contributed by atoms with Crippen LogP contribution in [0.15, 0.2) is 10.5 Å². The summed E-state index contributed by atoms with van der Waals surface area (Å²) in [5, 5.41) is 4.40. The molecule has 1 amide bonds. The third kappa shape index (κ3) is 3.26. The summed E-state index contributed by atoms with van der Waals surface area (Å²) in [5.74, 6) is 0.922. The highest BCUT2D eigenvalue weighted by molar-refractivity contribution is 5.90. The molecule has 0 aromatic carbocycles. The van der Waals surface area contributed by atoms with Gasteiger partial charge in [-0.05, 0) is 19.4 Å². The molecule has 1 saturated heterocycles. The predicted molar refractivity (Wildman–Crippen MR) is 93.6 cm³/mol. The molecule has 0 bridgehead atoms. The maximum Gasteiger partial charge on any atom is 0.309 e. The Hall–Kier alpha value is -2.19. The number of hydrogen-bond acceptors (Lipinski definition) is 6. The van der Waals surface area contributed by atoms with Crippen LogP contribution in [0.4, 0.5) is 0 Å². The van der Waals surface area contributed by atoms with Gasteiger partial charge in [0.2, 0.25) is 0 Å². The fourth-order valence-electron chi connectivity index (χ4n) is 3.76. The predicted octanol–water partition coefficient (Wildman–Crippen LogP) is 1.14. The summed E-state index contributed by atoms with van der Waals surface area (Å²) in [7, 11) is 3.65. The summed E-state index contributed by atoms with van der Waals surface area (Å²) in [4.78, 5) is 21.2. The molecule has 2 aliphatic heterocycles. The molecular weight excluding hydrogens is 334 g/mol. The van der Waals surface area contributed by atoms with E-state index in [-0.39, 0.29) is 17.9 Å². The topological polar surface area (TPSA) is 76.6 Å². The van der Waals surface area contributed by atoms with Crippen LogP contribution in [-0.2, 0) is 31.3 Å². The Labute approximate surface area is 152 Å². The normalized spacial score (nSPS) is 20.6. The number of ether oxygens (including phenoxy) is 1. The Morgan fingerprint density at radius 1 is 1.42 bits per heavy atom. The van der Waals surface area contributed by atoms with Gasteiger partial charge in [-0.15, -0.1) is 0 Å². The molecule has 26 heavy (non-hydrogen) atoms. The van der Waals surface area contributed by atoms with E-state index in [1.54, 1.807) is 12.0 Å². The van der Waals surface area contributed by atoms with E-state index in [1.807, 2.05) is 18.7 Å². The van der Waals surface area contributed by atoms with Gasteiger partial charge in [0.15, 0.2) is 0 Å². The van der Waals surface area contributed by atoms with Gasteiger partial charge < -0.3 is 14.1 Å². The van der Waals surface area contributed by atoms with E-state index >= 15 is 0 Å². The minimum atomic E-state index is -0.132. The second-order valence-electron chi connectivity index (χ2n) is 7.15. The third-order valence-corrected chi connectivity index (χ3v) is 5.24. The summed E-state index contributed by atoms with van der Waals surface area (Å²) >= 11 is 0. The summed E-state index contributed by atoms with van der Waals surface area (Å²) in [6, 6.07) is 2.10. The number of amides is 1. The molecule has 0 N–H and O–H groups in total. The highest BCUT2D eigenvalue weighted by atomic mass is 16.5. The molecule has 2 aromatic rings. The molecule has 1 fully saturated rings. The number of rotatable bonds is 4. The first-order valence-corrected chi connectivity index (χ1v) is 9.06. The standard InChI is InChI=1S/C18H25N5O3/c1-12-8-13(21(2)20-12)9-22-6-5-16-15(11-22)19-17(26-16)18(24)23-7-4-14(10-23)25-3/h8,14H,4-7,9-11H2,1-3H3/t14-/m1/s1. The van der Waals surface area contributed by atoms with Crippen molar-refractivity contribution in [3.8, 4) is 0 Å². The zero-order valence-corrected chi connectivity index (χ0v) is 15.6. The molecule has 0 spiro atoms. The zero-order valence-electron chi connectivity index (χ0n) is 15.6. The Morgan fingerprint density at radius 2 is 2.27 bits per heavy atom. The van der Waals surface area contributed by atoms with Crippen molar-refractivity contribution in [1.82, 2.24) is 24.6 Å². The number of carbonyl (C=O) groups is 1. The maximum absolute atomic E-state index is 12.6. The fraction of sp³-hybridized carbons (Fsp3) is 0.611. The lowest BCUT2D eigenvalue weighted by atomic mass is 10.1. The fourth-order valence-corrected chi connectivity index (χ4v) is 3.76. The SMILES string of the molecule is CO[C@@H]1CCN(C(=O)c2nc3c(o2)CCN(Cc2cc(C)nn2C)C3)C1. The van der Waals surface area contributed by atoms with E-state index < -0.39 is 0 Å². The van der Waals surface area contributed by atoms with E-state index in [1.165, 1.54) is 5.69 Å². The van der Waals surface area contributed by atoms with Crippen LogP contribution < -0.4 is 0 Å². The number of nitrogens with zero attached hydrogens (tertiary/aromatic N) is 5. The van der Waals surface area contributed by atoms with Crippen LogP contribution in [0.3, 0.4) is 0 Å². The molecule has 8 nitrogen and oxygen atoms in total. The van der Waals surface area contributed by atoms with Crippen molar-refractivity contribution >= 4 is 5.91 Å². The zero-order chi connectivity index (χ0) is 18.3. The Balaban J connectivity index is 1.44. The van der Waals surface area contributed by atoms with Crippen molar-refractivity contribution in [2.75, 3.05) is 26.7 Å². The van der Waals surface area contributed by atoms with Gasteiger partial charge in [-0.1, -0.05) is 0 Å².